The molecule has 2 aliphatic rings. The summed E-state index contributed by atoms with van der Waals surface area (Å²) in [6.45, 7) is 6.56. The third kappa shape index (κ3) is 4.05. The molecule has 27 heavy (non-hydrogen) atoms. The number of rotatable bonds is 3. The number of aryl methyl sites for hydroxylation is 1. The van der Waals surface area contributed by atoms with Crippen LogP contribution >= 0.6 is 0 Å². The number of carbonyl (C=O) groups excluding carboxylic acids is 1. The molecule has 1 fully saturated rings. The Labute approximate surface area is 161 Å². The van der Waals surface area contributed by atoms with Crippen LogP contribution in [0.2, 0.25) is 0 Å². The first-order valence-corrected chi connectivity index (χ1v) is 10.0. The van der Waals surface area contributed by atoms with Gasteiger partial charge >= 0.3 is 0 Å². The quantitative estimate of drug-likeness (QED) is 0.833. The van der Waals surface area contributed by atoms with Crippen molar-refractivity contribution in [2.45, 2.75) is 45.1 Å². The molecule has 6 heteroatoms. The Morgan fingerprint density at radius 1 is 1.11 bits per heavy atom. The maximum Gasteiger partial charge on any atom is 0.227 e. The molecule has 0 aliphatic carbocycles. The van der Waals surface area contributed by atoms with Crippen LogP contribution < -0.4 is 0 Å². The molecule has 4 rings (SSSR count). The second-order valence-electron chi connectivity index (χ2n) is 8.02. The average molecular weight is 367 g/mol. The Bertz CT molecular complexity index is 797. The van der Waals surface area contributed by atoms with E-state index in [1.54, 1.807) is 0 Å². The van der Waals surface area contributed by atoms with Crippen LogP contribution in [-0.2, 0) is 24.2 Å². The van der Waals surface area contributed by atoms with Crippen LogP contribution in [0.4, 0.5) is 0 Å². The number of hydrogen-bond acceptors (Lipinski definition) is 4. The SMILES string of the molecule is Cc1ccc(CC(=O)N2CCc3nnc(C4CCCN(C)C4)n3CC2)cc1. The maximum absolute atomic E-state index is 12.8. The molecular formula is C21H29N5O. The summed E-state index contributed by atoms with van der Waals surface area (Å²) in [5, 5.41) is 8.99. The minimum Gasteiger partial charge on any atom is -0.340 e. The van der Waals surface area contributed by atoms with Crippen molar-refractivity contribution in [2.24, 2.45) is 0 Å². The zero-order chi connectivity index (χ0) is 18.8. The number of benzene rings is 1. The van der Waals surface area contributed by atoms with Gasteiger partial charge in [-0.25, -0.2) is 0 Å². The summed E-state index contributed by atoms with van der Waals surface area (Å²) in [5.41, 5.74) is 2.31. The zero-order valence-corrected chi connectivity index (χ0v) is 16.4. The van der Waals surface area contributed by atoms with Crippen LogP contribution in [-0.4, -0.2) is 63.7 Å². The van der Waals surface area contributed by atoms with Crippen LogP contribution in [0, 0.1) is 6.92 Å². The lowest BCUT2D eigenvalue weighted by Gasteiger charge is -2.29. The highest BCUT2D eigenvalue weighted by atomic mass is 16.2. The number of hydrogen-bond donors (Lipinski definition) is 0. The smallest absolute Gasteiger partial charge is 0.227 e. The second-order valence-corrected chi connectivity index (χ2v) is 8.02. The fraction of sp³-hybridized carbons (Fsp3) is 0.571. The van der Waals surface area contributed by atoms with Crippen molar-refractivity contribution < 1.29 is 4.79 Å². The van der Waals surface area contributed by atoms with E-state index in [9.17, 15) is 4.79 Å². The van der Waals surface area contributed by atoms with E-state index in [1.165, 1.54) is 24.9 Å². The highest BCUT2D eigenvalue weighted by Gasteiger charge is 2.27. The van der Waals surface area contributed by atoms with Gasteiger partial charge in [-0.1, -0.05) is 29.8 Å². The second kappa shape index (κ2) is 7.80. The molecule has 0 radical (unpaired) electrons. The van der Waals surface area contributed by atoms with Gasteiger partial charge in [-0.3, -0.25) is 4.79 Å². The van der Waals surface area contributed by atoms with Gasteiger partial charge in [0, 0.05) is 38.5 Å². The van der Waals surface area contributed by atoms with Crippen LogP contribution in [0.5, 0.6) is 0 Å². The number of nitrogens with zero attached hydrogens (tertiary/aromatic N) is 5. The molecule has 3 heterocycles. The zero-order valence-electron chi connectivity index (χ0n) is 16.4. The molecule has 1 aromatic heterocycles. The molecular weight excluding hydrogens is 338 g/mol. The van der Waals surface area contributed by atoms with E-state index in [1.807, 2.05) is 4.90 Å². The minimum atomic E-state index is 0.205. The van der Waals surface area contributed by atoms with E-state index in [4.69, 9.17) is 0 Å². The number of aromatic nitrogens is 3. The topological polar surface area (TPSA) is 54.3 Å². The lowest BCUT2D eigenvalue weighted by Crippen LogP contribution is -2.35. The summed E-state index contributed by atoms with van der Waals surface area (Å²) in [4.78, 5) is 17.2. The Morgan fingerprint density at radius 2 is 1.93 bits per heavy atom. The van der Waals surface area contributed by atoms with Crippen molar-refractivity contribution in [3.8, 4) is 0 Å². The molecule has 2 aliphatic heterocycles. The summed E-state index contributed by atoms with van der Waals surface area (Å²) in [7, 11) is 2.18. The summed E-state index contributed by atoms with van der Waals surface area (Å²) >= 11 is 0. The van der Waals surface area contributed by atoms with Crippen molar-refractivity contribution >= 4 is 5.91 Å². The summed E-state index contributed by atoms with van der Waals surface area (Å²) in [6, 6.07) is 8.25. The lowest BCUT2D eigenvalue weighted by molar-refractivity contribution is -0.130. The van der Waals surface area contributed by atoms with Gasteiger partial charge in [0.25, 0.3) is 0 Å². The molecule has 6 nitrogen and oxygen atoms in total. The van der Waals surface area contributed by atoms with Gasteiger partial charge in [0.2, 0.25) is 5.91 Å². The third-order valence-electron chi connectivity index (χ3n) is 5.87. The molecule has 1 aromatic carbocycles. The van der Waals surface area contributed by atoms with Crippen LogP contribution in [0.15, 0.2) is 24.3 Å². The van der Waals surface area contributed by atoms with E-state index >= 15 is 0 Å². The van der Waals surface area contributed by atoms with Crippen molar-refractivity contribution in [3.05, 3.63) is 47.0 Å². The number of carbonyl (C=O) groups is 1. The highest BCUT2D eigenvalue weighted by Crippen LogP contribution is 2.26. The molecule has 0 N–H and O–H groups in total. The Morgan fingerprint density at radius 3 is 2.70 bits per heavy atom. The van der Waals surface area contributed by atoms with Gasteiger partial charge in [-0.2, -0.15) is 0 Å². The van der Waals surface area contributed by atoms with Gasteiger partial charge in [0.1, 0.15) is 11.6 Å². The van der Waals surface area contributed by atoms with Gasteiger partial charge in [-0.05, 0) is 38.9 Å². The summed E-state index contributed by atoms with van der Waals surface area (Å²) in [5.74, 6) is 2.81. The van der Waals surface area contributed by atoms with Crippen molar-refractivity contribution in [2.75, 3.05) is 33.2 Å². The van der Waals surface area contributed by atoms with E-state index < -0.39 is 0 Å². The first kappa shape index (κ1) is 18.2. The predicted octanol–water partition coefficient (Wildman–Crippen LogP) is 2.02. The Hall–Kier alpha value is -2.21. The number of amides is 1. The normalized spacial score (nSPS) is 21.0. The van der Waals surface area contributed by atoms with Crippen LogP contribution in [0.3, 0.4) is 0 Å². The number of likely N-dealkylation sites (tertiary alicyclic amines) is 1. The third-order valence-corrected chi connectivity index (χ3v) is 5.87. The fourth-order valence-electron chi connectivity index (χ4n) is 4.27. The van der Waals surface area contributed by atoms with Crippen molar-refractivity contribution in [1.29, 1.82) is 0 Å². The van der Waals surface area contributed by atoms with E-state index in [-0.39, 0.29) is 5.91 Å². The molecule has 1 amide bonds. The maximum atomic E-state index is 12.8. The molecule has 0 bridgehead atoms. The first-order valence-electron chi connectivity index (χ1n) is 10.0. The van der Waals surface area contributed by atoms with E-state index in [0.717, 1.165) is 49.8 Å². The molecule has 2 aromatic rings. The fourth-order valence-corrected chi connectivity index (χ4v) is 4.27. The first-order chi connectivity index (χ1) is 13.1. The number of likely N-dealkylation sites (N-methyl/N-ethyl adjacent to an activating group) is 1. The molecule has 1 saturated heterocycles. The van der Waals surface area contributed by atoms with Crippen molar-refractivity contribution in [3.63, 3.8) is 0 Å². The molecule has 144 valence electrons. The van der Waals surface area contributed by atoms with Crippen LogP contribution in [0.25, 0.3) is 0 Å². The average Bonchev–Trinajstić information content (AvgIpc) is 2.95. The molecule has 1 atom stereocenters. The standard InChI is InChI=1S/C21H29N5O/c1-16-5-7-17(8-6-16)14-20(27)25-11-9-19-22-23-21(26(19)13-12-25)18-4-3-10-24(2)15-18/h5-8,18H,3-4,9-15H2,1-2H3. The number of piperidine rings is 1. The van der Waals surface area contributed by atoms with Crippen LogP contribution in [0.1, 0.15) is 41.5 Å². The van der Waals surface area contributed by atoms with Crippen molar-refractivity contribution in [1.82, 2.24) is 24.6 Å². The van der Waals surface area contributed by atoms with E-state index in [0.29, 0.717) is 12.3 Å². The Balaban J connectivity index is 1.42. The van der Waals surface area contributed by atoms with Gasteiger partial charge < -0.3 is 14.4 Å². The minimum absolute atomic E-state index is 0.205. The predicted molar refractivity (Wildman–Crippen MR) is 105 cm³/mol. The largest absolute Gasteiger partial charge is 0.340 e. The van der Waals surface area contributed by atoms with E-state index in [2.05, 4.69) is 57.9 Å². The van der Waals surface area contributed by atoms with Gasteiger partial charge in [0.05, 0.1) is 6.42 Å². The molecule has 1 unspecified atom stereocenters. The van der Waals surface area contributed by atoms with Gasteiger partial charge in [0.15, 0.2) is 0 Å². The van der Waals surface area contributed by atoms with Gasteiger partial charge in [-0.15, -0.1) is 10.2 Å². The summed E-state index contributed by atoms with van der Waals surface area (Å²) < 4.78 is 2.28. The molecule has 0 spiro atoms. The lowest BCUT2D eigenvalue weighted by atomic mass is 9.97. The monoisotopic (exact) mass is 367 g/mol. The molecule has 0 saturated carbocycles. The summed E-state index contributed by atoms with van der Waals surface area (Å²) in [6.07, 6.45) is 3.65. The Kier molecular flexibility index (Phi) is 5.25. The highest BCUT2D eigenvalue weighted by molar-refractivity contribution is 5.78. The number of fused-ring (bicyclic) bond motifs is 1.